The van der Waals surface area contributed by atoms with E-state index < -0.39 is 12.0 Å². The standard InChI is InChI=1S/C20H24F3NO3/c1-18(26)9-15(10-18)17(25)24-11-19(12-24)7-13(8-19)6-14-4-2-3-5-16(14)27-20(21,22)23/h2-5,13,15,26H,6-12H2,1H3/t15-,18+. The second-order valence-electron chi connectivity index (χ2n) is 8.93. The third-order valence-electron chi connectivity index (χ3n) is 6.24. The van der Waals surface area contributed by atoms with Crippen molar-refractivity contribution >= 4 is 5.91 Å². The average Bonchev–Trinajstić information content (AvgIpc) is 2.45. The van der Waals surface area contributed by atoms with E-state index in [-0.39, 0.29) is 23.0 Å². The average molecular weight is 383 g/mol. The zero-order valence-corrected chi connectivity index (χ0v) is 15.3. The fraction of sp³-hybridized carbons (Fsp3) is 0.650. The number of ether oxygens (including phenoxy) is 1. The smallest absolute Gasteiger partial charge is 0.406 e. The summed E-state index contributed by atoms with van der Waals surface area (Å²) in [6.07, 6.45) is -1.19. The molecule has 0 radical (unpaired) electrons. The van der Waals surface area contributed by atoms with Gasteiger partial charge in [-0.3, -0.25) is 4.79 Å². The van der Waals surface area contributed by atoms with Gasteiger partial charge in [0.05, 0.1) is 5.60 Å². The van der Waals surface area contributed by atoms with Crippen molar-refractivity contribution < 1.29 is 27.8 Å². The van der Waals surface area contributed by atoms with E-state index in [0.29, 0.717) is 30.7 Å². The Morgan fingerprint density at radius 2 is 1.85 bits per heavy atom. The normalized spacial score (nSPS) is 29.7. The molecule has 1 saturated heterocycles. The molecule has 7 heteroatoms. The summed E-state index contributed by atoms with van der Waals surface area (Å²) in [5.41, 5.74) is 0.0292. The number of hydrogen-bond acceptors (Lipinski definition) is 3. The van der Waals surface area contributed by atoms with Gasteiger partial charge >= 0.3 is 6.36 Å². The second-order valence-corrected chi connectivity index (χ2v) is 8.93. The fourth-order valence-electron chi connectivity index (χ4n) is 5.13. The first-order valence-corrected chi connectivity index (χ1v) is 9.39. The lowest BCUT2D eigenvalue weighted by Crippen LogP contribution is -2.66. The summed E-state index contributed by atoms with van der Waals surface area (Å²) in [5.74, 6) is 0.289. The zero-order chi connectivity index (χ0) is 19.4. The van der Waals surface area contributed by atoms with Crippen molar-refractivity contribution in [2.45, 2.75) is 51.0 Å². The molecule has 1 heterocycles. The van der Waals surface area contributed by atoms with E-state index in [1.165, 1.54) is 6.07 Å². The maximum Gasteiger partial charge on any atom is 0.573 e. The molecule has 3 fully saturated rings. The Kier molecular flexibility index (Phi) is 4.22. The molecule has 2 aliphatic carbocycles. The highest BCUT2D eigenvalue weighted by atomic mass is 19.4. The van der Waals surface area contributed by atoms with Gasteiger partial charge in [0.2, 0.25) is 5.91 Å². The highest BCUT2D eigenvalue weighted by molar-refractivity contribution is 5.81. The van der Waals surface area contributed by atoms with E-state index in [9.17, 15) is 23.1 Å². The van der Waals surface area contributed by atoms with Gasteiger partial charge in [0, 0.05) is 24.4 Å². The van der Waals surface area contributed by atoms with Crippen molar-refractivity contribution in [3.8, 4) is 5.75 Å². The quantitative estimate of drug-likeness (QED) is 0.866. The summed E-state index contributed by atoms with van der Waals surface area (Å²) in [5, 5.41) is 9.78. The van der Waals surface area contributed by atoms with Crippen LogP contribution in [0.1, 0.15) is 38.2 Å². The number of halogens is 3. The molecule has 27 heavy (non-hydrogen) atoms. The van der Waals surface area contributed by atoms with Crippen LogP contribution in [0.2, 0.25) is 0 Å². The minimum atomic E-state index is -4.68. The Morgan fingerprint density at radius 1 is 1.22 bits per heavy atom. The Balaban J connectivity index is 1.26. The van der Waals surface area contributed by atoms with Crippen LogP contribution in [0.5, 0.6) is 5.75 Å². The number of carbonyl (C=O) groups excluding carboxylic acids is 1. The van der Waals surface area contributed by atoms with E-state index >= 15 is 0 Å². The molecule has 148 valence electrons. The molecule has 4 rings (SSSR count). The highest BCUT2D eigenvalue weighted by Crippen LogP contribution is 2.54. The minimum absolute atomic E-state index is 0.0559. The van der Waals surface area contributed by atoms with Gasteiger partial charge in [-0.05, 0) is 56.6 Å². The predicted octanol–water partition coefficient (Wildman–Crippen LogP) is 3.53. The third kappa shape index (κ3) is 3.79. The molecule has 1 aliphatic heterocycles. The Morgan fingerprint density at radius 3 is 2.44 bits per heavy atom. The summed E-state index contributed by atoms with van der Waals surface area (Å²) in [6, 6.07) is 6.31. The van der Waals surface area contributed by atoms with Crippen LogP contribution >= 0.6 is 0 Å². The van der Waals surface area contributed by atoms with Crippen molar-refractivity contribution in [1.82, 2.24) is 4.90 Å². The minimum Gasteiger partial charge on any atom is -0.406 e. The van der Waals surface area contributed by atoms with Gasteiger partial charge < -0.3 is 14.7 Å². The lowest BCUT2D eigenvalue weighted by Gasteiger charge is -2.60. The predicted molar refractivity (Wildman–Crippen MR) is 91.9 cm³/mol. The number of rotatable bonds is 4. The summed E-state index contributed by atoms with van der Waals surface area (Å²) in [7, 11) is 0. The molecule has 1 aromatic carbocycles. The number of nitrogens with zero attached hydrogens (tertiary/aromatic N) is 1. The summed E-state index contributed by atoms with van der Waals surface area (Å²) >= 11 is 0. The van der Waals surface area contributed by atoms with E-state index in [1.54, 1.807) is 25.1 Å². The molecular formula is C20H24F3NO3. The molecule has 1 amide bonds. The van der Waals surface area contributed by atoms with Crippen LogP contribution in [0.15, 0.2) is 24.3 Å². The van der Waals surface area contributed by atoms with Crippen LogP contribution in [-0.2, 0) is 11.2 Å². The van der Waals surface area contributed by atoms with Crippen molar-refractivity contribution in [3.63, 3.8) is 0 Å². The zero-order valence-electron chi connectivity index (χ0n) is 15.3. The molecule has 1 spiro atoms. The largest absolute Gasteiger partial charge is 0.573 e. The number of aliphatic hydroxyl groups is 1. The van der Waals surface area contributed by atoms with Crippen LogP contribution in [0.25, 0.3) is 0 Å². The van der Waals surface area contributed by atoms with Gasteiger partial charge in [-0.2, -0.15) is 0 Å². The lowest BCUT2D eigenvalue weighted by molar-refractivity contribution is -0.275. The molecule has 0 unspecified atom stereocenters. The van der Waals surface area contributed by atoms with Gasteiger partial charge in [-0.15, -0.1) is 13.2 Å². The summed E-state index contributed by atoms with van der Waals surface area (Å²) < 4.78 is 41.7. The summed E-state index contributed by atoms with van der Waals surface area (Å²) in [6.45, 7) is 3.23. The van der Waals surface area contributed by atoms with E-state index in [1.807, 2.05) is 4.90 Å². The first-order chi connectivity index (χ1) is 12.5. The number of carbonyl (C=O) groups is 1. The number of para-hydroxylation sites is 1. The number of benzene rings is 1. The SMILES string of the molecule is C[C@]1(O)C[C@@H](C(=O)N2CC3(CC(Cc4ccccc4OC(F)(F)F)C3)C2)C1. The van der Waals surface area contributed by atoms with Crippen LogP contribution in [0.3, 0.4) is 0 Å². The van der Waals surface area contributed by atoms with Crippen molar-refractivity contribution in [1.29, 1.82) is 0 Å². The van der Waals surface area contributed by atoms with Crippen LogP contribution in [-0.4, -0.2) is 41.0 Å². The van der Waals surface area contributed by atoms with Gasteiger partial charge in [-0.25, -0.2) is 0 Å². The van der Waals surface area contributed by atoms with Gasteiger partial charge in [0.1, 0.15) is 5.75 Å². The number of amides is 1. The molecule has 0 atom stereocenters. The van der Waals surface area contributed by atoms with Crippen molar-refractivity contribution in [2.24, 2.45) is 17.3 Å². The van der Waals surface area contributed by atoms with E-state index in [4.69, 9.17) is 0 Å². The molecule has 0 aromatic heterocycles. The molecule has 0 bridgehead atoms. The third-order valence-corrected chi connectivity index (χ3v) is 6.24. The molecular weight excluding hydrogens is 359 g/mol. The van der Waals surface area contributed by atoms with Crippen LogP contribution < -0.4 is 4.74 Å². The molecule has 4 nitrogen and oxygen atoms in total. The maximum atomic E-state index is 12.5. The van der Waals surface area contributed by atoms with Crippen LogP contribution in [0, 0.1) is 17.3 Å². The van der Waals surface area contributed by atoms with Gasteiger partial charge in [0.25, 0.3) is 0 Å². The lowest BCUT2D eigenvalue weighted by atomic mass is 9.56. The molecule has 1 N–H and O–H groups in total. The summed E-state index contributed by atoms with van der Waals surface area (Å²) in [4.78, 5) is 14.2. The van der Waals surface area contributed by atoms with Crippen LogP contribution in [0.4, 0.5) is 13.2 Å². The monoisotopic (exact) mass is 383 g/mol. The Hall–Kier alpha value is -1.76. The Bertz CT molecular complexity index is 724. The molecule has 3 aliphatic rings. The topological polar surface area (TPSA) is 49.8 Å². The van der Waals surface area contributed by atoms with Gasteiger partial charge in [-0.1, -0.05) is 18.2 Å². The molecule has 2 saturated carbocycles. The first kappa shape index (κ1) is 18.6. The number of likely N-dealkylation sites (tertiary alicyclic amines) is 1. The number of hydrogen-bond donors (Lipinski definition) is 1. The maximum absolute atomic E-state index is 12.5. The van der Waals surface area contributed by atoms with E-state index in [0.717, 1.165) is 25.9 Å². The highest BCUT2D eigenvalue weighted by Gasteiger charge is 2.55. The fourth-order valence-corrected chi connectivity index (χ4v) is 5.13. The van der Waals surface area contributed by atoms with Gasteiger partial charge in [0.15, 0.2) is 0 Å². The molecule has 1 aromatic rings. The van der Waals surface area contributed by atoms with Crippen molar-refractivity contribution in [2.75, 3.05) is 13.1 Å². The van der Waals surface area contributed by atoms with Crippen molar-refractivity contribution in [3.05, 3.63) is 29.8 Å². The first-order valence-electron chi connectivity index (χ1n) is 9.39. The van der Waals surface area contributed by atoms with E-state index in [2.05, 4.69) is 4.74 Å². The number of alkyl halides is 3. The Labute approximate surface area is 156 Å². The second kappa shape index (κ2) is 6.12.